The number of hydrogen-bond donors (Lipinski definition) is 3. The molecule has 1 amide bonds. The SMILES string of the molecule is CCN(CC)CCCCNC(=O)c1ccccc1Nc1ccc2c(/C=C/c3ccccn3)n[nH]c2c1. The number of carbonyl (C=O) groups is 1. The molecule has 0 radical (unpaired) electrons. The number of hydrogen-bond acceptors (Lipinski definition) is 5. The minimum absolute atomic E-state index is 0.0643. The van der Waals surface area contributed by atoms with Crippen LogP contribution in [0.2, 0.25) is 0 Å². The van der Waals surface area contributed by atoms with E-state index >= 15 is 0 Å². The summed E-state index contributed by atoms with van der Waals surface area (Å²) in [5.74, 6) is -0.0643. The van der Waals surface area contributed by atoms with Crippen molar-refractivity contribution < 1.29 is 4.79 Å². The first-order chi connectivity index (χ1) is 17.7. The molecule has 4 aromatic rings. The van der Waals surface area contributed by atoms with E-state index in [1.165, 1.54) is 0 Å². The van der Waals surface area contributed by atoms with Gasteiger partial charge in [-0.15, -0.1) is 0 Å². The molecule has 0 spiro atoms. The van der Waals surface area contributed by atoms with Gasteiger partial charge in [0.2, 0.25) is 0 Å². The van der Waals surface area contributed by atoms with Crippen molar-refractivity contribution in [1.29, 1.82) is 0 Å². The quantitative estimate of drug-likeness (QED) is 0.225. The summed E-state index contributed by atoms with van der Waals surface area (Å²) in [6, 6.07) is 19.4. The summed E-state index contributed by atoms with van der Waals surface area (Å²) < 4.78 is 0. The summed E-state index contributed by atoms with van der Waals surface area (Å²) in [5.41, 5.74) is 4.92. The number of nitrogens with one attached hydrogen (secondary N) is 3. The number of H-pyrrole nitrogens is 1. The first kappa shape index (κ1) is 25.1. The highest BCUT2D eigenvalue weighted by atomic mass is 16.1. The third-order valence-electron chi connectivity index (χ3n) is 6.22. The Labute approximate surface area is 212 Å². The van der Waals surface area contributed by atoms with Gasteiger partial charge in [0.05, 0.1) is 28.2 Å². The Bertz CT molecular complexity index is 1290. The lowest BCUT2D eigenvalue weighted by Gasteiger charge is -2.17. The second-order valence-corrected chi connectivity index (χ2v) is 8.62. The number of rotatable bonds is 12. The number of para-hydroxylation sites is 1. The van der Waals surface area contributed by atoms with Crippen molar-refractivity contribution >= 4 is 40.3 Å². The Balaban J connectivity index is 1.39. The van der Waals surface area contributed by atoms with E-state index in [9.17, 15) is 4.79 Å². The van der Waals surface area contributed by atoms with Crippen LogP contribution in [0.4, 0.5) is 11.4 Å². The number of pyridine rings is 1. The van der Waals surface area contributed by atoms with E-state index in [1.54, 1.807) is 6.20 Å². The predicted molar refractivity (Wildman–Crippen MR) is 148 cm³/mol. The molecular weight excluding hydrogens is 448 g/mol. The Morgan fingerprint density at radius 2 is 1.83 bits per heavy atom. The third kappa shape index (κ3) is 6.58. The Kier molecular flexibility index (Phi) is 8.83. The zero-order valence-electron chi connectivity index (χ0n) is 21.0. The molecule has 0 saturated carbocycles. The van der Waals surface area contributed by atoms with Crippen molar-refractivity contribution in [2.24, 2.45) is 0 Å². The molecule has 0 aliphatic rings. The molecule has 7 heteroatoms. The number of fused-ring (bicyclic) bond motifs is 1. The first-order valence-corrected chi connectivity index (χ1v) is 12.6. The molecule has 3 N–H and O–H groups in total. The van der Waals surface area contributed by atoms with Gasteiger partial charge in [0.1, 0.15) is 0 Å². The fourth-order valence-corrected chi connectivity index (χ4v) is 4.13. The zero-order chi connectivity index (χ0) is 25.2. The van der Waals surface area contributed by atoms with Gasteiger partial charge in [-0.05, 0) is 87.1 Å². The number of benzene rings is 2. The van der Waals surface area contributed by atoms with Crippen LogP contribution in [0.5, 0.6) is 0 Å². The molecule has 2 aromatic heterocycles. The molecule has 0 bridgehead atoms. The number of anilines is 2. The molecule has 0 fully saturated rings. The lowest BCUT2D eigenvalue weighted by molar-refractivity contribution is 0.0953. The number of unbranched alkanes of at least 4 members (excludes halogenated alkanes) is 1. The van der Waals surface area contributed by atoms with Gasteiger partial charge in [0.15, 0.2) is 0 Å². The maximum atomic E-state index is 12.9. The van der Waals surface area contributed by atoms with Crippen LogP contribution >= 0.6 is 0 Å². The fraction of sp³-hybridized carbons (Fsp3) is 0.276. The van der Waals surface area contributed by atoms with Crippen LogP contribution < -0.4 is 10.6 Å². The Hall–Kier alpha value is -3.97. The van der Waals surface area contributed by atoms with Gasteiger partial charge in [-0.1, -0.05) is 32.0 Å². The molecule has 0 aliphatic heterocycles. The topological polar surface area (TPSA) is 85.9 Å². The first-order valence-electron chi connectivity index (χ1n) is 12.6. The van der Waals surface area contributed by atoms with Crippen LogP contribution in [-0.2, 0) is 0 Å². The maximum absolute atomic E-state index is 12.9. The summed E-state index contributed by atoms with van der Waals surface area (Å²) in [6.07, 6.45) is 7.71. The lowest BCUT2D eigenvalue weighted by atomic mass is 10.1. The highest BCUT2D eigenvalue weighted by Crippen LogP contribution is 2.26. The van der Waals surface area contributed by atoms with Crippen molar-refractivity contribution in [3.63, 3.8) is 0 Å². The van der Waals surface area contributed by atoms with E-state index in [0.29, 0.717) is 12.1 Å². The van der Waals surface area contributed by atoms with Gasteiger partial charge in [-0.2, -0.15) is 5.10 Å². The smallest absolute Gasteiger partial charge is 0.253 e. The molecule has 0 unspecified atom stereocenters. The Morgan fingerprint density at radius 3 is 2.64 bits per heavy atom. The predicted octanol–water partition coefficient (Wildman–Crippen LogP) is 5.72. The minimum Gasteiger partial charge on any atom is -0.355 e. The summed E-state index contributed by atoms with van der Waals surface area (Å²) in [5, 5.41) is 15.0. The zero-order valence-corrected chi connectivity index (χ0v) is 21.0. The van der Waals surface area contributed by atoms with Crippen LogP contribution in [-0.4, -0.2) is 52.2 Å². The second kappa shape index (κ2) is 12.7. The molecule has 36 heavy (non-hydrogen) atoms. The van der Waals surface area contributed by atoms with Gasteiger partial charge in [0, 0.05) is 23.8 Å². The minimum atomic E-state index is -0.0643. The van der Waals surface area contributed by atoms with E-state index < -0.39 is 0 Å². The van der Waals surface area contributed by atoms with Gasteiger partial charge in [-0.3, -0.25) is 14.9 Å². The molecule has 7 nitrogen and oxygen atoms in total. The summed E-state index contributed by atoms with van der Waals surface area (Å²) >= 11 is 0. The lowest BCUT2D eigenvalue weighted by Crippen LogP contribution is -2.27. The number of aromatic nitrogens is 3. The largest absolute Gasteiger partial charge is 0.355 e. The standard InChI is InChI=1S/C29H34N6O/c1-3-35(4-2)20-10-9-19-31-29(36)25-12-5-6-13-26(25)32-23-14-16-24-27(33-34-28(24)21-23)17-15-22-11-7-8-18-30-22/h5-8,11-18,21,32H,3-4,9-10,19-20H2,1-2H3,(H,31,36)(H,33,34)/b17-15+. The number of amides is 1. The van der Waals surface area contributed by atoms with Gasteiger partial charge < -0.3 is 15.5 Å². The van der Waals surface area contributed by atoms with Crippen molar-refractivity contribution in [2.45, 2.75) is 26.7 Å². The molecule has 4 rings (SSSR count). The molecule has 0 atom stereocenters. The average molecular weight is 483 g/mol. The van der Waals surface area contributed by atoms with Crippen molar-refractivity contribution in [3.8, 4) is 0 Å². The van der Waals surface area contributed by atoms with E-state index in [1.807, 2.05) is 72.8 Å². The van der Waals surface area contributed by atoms with Crippen molar-refractivity contribution in [1.82, 2.24) is 25.4 Å². The highest BCUT2D eigenvalue weighted by Gasteiger charge is 2.12. The molecule has 0 saturated heterocycles. The number of carbonyl (C=O) groups excluding carboxylic acids is 1. The number of nitrogens with zero attached hydrogens (tertiary/aromatic N) is 3. The van der Waals surface area contributed by atoms with Crippen LogP contribution in [0.3, 0.4) is 0 Å². The Morgan fingerprint density at radius 1 is 1.00 bits per heavy atom. The van der Waals surface area contributed by atoms with Crippen LogP contribution in [0, 0.1) is 0 Å². The van der Waals surface area contributed by atoms with Crippen molar-refractivity contribution in [2.75, 3.05) is 31.5 Å². The molecule has 2 aromatic carbocycles. The van der Waals surface area contributed by atoms with E-state index in [4.69, 9.17) is 0 Å². The highest BCUT2D eigenvalue weighted by molar-refractivity contribution is 6.00. The molecular formula is C29H34N6O. The summed E-state index contributed by atoms with van der Waals surface area (Å²) in [6.45, 7) is 8.23. The van der Waals surface area contributed by atoms with Crippen LogP contribution in [0.25, 0.3) is 23.1 Å². The average Bonchev–Trinajstić information content (AvgIpc) is 3.32. The fourth-order valence-electron chi connectivity index (χ4n) is 4.13. The summed E-state index contributed by atoms with van der Waals surface area (Å²) in [4.78, 5) is 19.6. The van der Waals surface area contributed by atoms with Crippen LogP contribution in [0.15, 0.2) is 66.9 Å². The molecule has 2 heterocycles. The summed E-state index contributed by atoms with van der Waals surface area (Å²) in [7, 11) is 0. The van der Waals surface area contributed by atoms with Gasteiger partial charge >= 0.3 is 0 Å². The third-order valence-corrected chi connectivity index (χ3v) is 6.22. The normalized spacial score (nSPS) is 11.4. The van der Waals surface area contributed by atoms with E-state index in [-0.39, 0.29) is 5.91 Å². The number of aromatic amines is 1. The van der Waals surface area contributed by atoms with Gasteiger partial charge in [0.25, 0.3) is 5.91 Å². The monoisotopic (exact) mass is 482 g/mol. The molecule has 186 valence electrons. The van der Waals surface area contributed by atoms with E-state index in [0.717, 1.165) is 66.1 Å². The van der Waals surface area contributed by atoms with Crippen LogP contribution in [0.1, 0.15) is 48.4 Å². The molecule has 0 aliphatic carbocycles. The van der Waals surface area contributed by atoms with Crippen molar-refractivity contribution in [3.05, 3.63) is 83.8 Å². The van der Waals surface area contributed by atoms with E-state index in [2.05, 4.69) is 44.6 Å². The second-order valence-electron chi connectivity index (χ2n) is 8.62. The maximum Gasteiger partial charge on any atom is 0.253 e. The van der Waals surface area contributed by atoms with Gasteiger partial charge in [-0.25, -0.2) is 0 Å².